The summed E-state index contributed by atoms with van der Waals surface area (Å²) >= 11 is 3.03. The predicted octanol–water partition coefficient (Wildman–Crippen LogP) is 6.95. The van der Waals surface area contributed by atoms with Crippen molar-refractivity contribution < 1.29 is 4.74 Å². The van der Waals surface area contributed by atoms with Crippen molar-refractivity contribution in [3.05, 3.63) is 59.7 Å². The van der Waals surface area contributed by atoms with Crippen LogP contribution >= 0.6 is 22.9 Å². The second-order valence-corrected chi connectivity index (χ2v) is 11.8. The van der Waals surface area contributed by atoms with Gasteiger partial charge in [-0.05, 0) is 86.3 Å². The molecule has 2 aliphatic rings. The highest BCUT2D eigenvalue weighted by atomic mass is 32.1. The summed E-state index contributed by atoms with van der Waals surface area (Å²) in [4.78, 5) is 9.06. The Bertz CT molecular complexity index is 1490. The molecule has 0 spiro atoms. The van der Waals surface area contributed by atoms with Gasteiger partial charge in [0, 0.05) is 37.7 Å². The van der Waals surface area contributed by atoms with E-state index in [1.807, 2.05) is 31.2 Å². The first-order chi connectivity index (χ1) is 20.1. The topological polar surface area (TPSA) is 114 Å². The largest absolute Gasteiger partial charge is 0.378 e. The number of aromatic nitrogens is 2. The van der Waals surface area contributed by atoms with Crippen LogP contribution in [0.2, 0.25) is 0 Å². The second-order valence-electron chi connectivity index (χ2n) is 10.0. The fourth-order valence-corrected chi connectivity index (χ4v) is 6.17. The van der Waals surface area contributed by atoms with Crippen LogP contribution in [0.25, 0.3) is 0 Å². The minimum absolute atomic E-state index is 0.542. The monoisotopic (exact) mass is 590 g/mol. The highest BCUT2D eigenvalue weighted by molar-refractivity contribution is 7.20. The summed E-state index contributed by atoms with van der Waals surface area (Å²) in [6, 6.07) is 16.5. The minimum atomic E-state index is 0.542. The van der Waals surface area contributed by atoms with Crippen LogP contribution in [0.5, 0.6) is 0 Å². The highest BCUT2D eigenvalue weighted by Gasteiger charge is 2.16. The fraction of sp³-hybridized carbons (Fsp3) is 0.357. The van der Waals surface area contributed by atoms with E-state index in [-0.39, 0.29) is 0 Å². The smallest absolute Gasteiger partial charge is 0.251 e. The Kier molecular flexibility index (Phi) is 8.44. The number of benzene rings is 2. The minimum Gasteiger partial charge on any atom is -0.378 e. The molecular weight excluding hydrogens is 557 g/mol. The van der Waals surface area contributed by atoms with Gasteiger partial charge < -0.3 is 30.8 Å². The van der Waals surface area contributed by atoms with Crippen molar-refractivity contribution in [2.45, 2.75) is 26.7 Å². The van der Waals surface area contributed by atoms with Gasteiger partial charge in [-0.1, -0.05) is 11.3 Å². The maximum absolute atomic E-state index is 5.39. The van der Waals surface area contributed by atoms with Crippen LogP contribution in [0.4, 0.5) is 43.8 Å². The molecule has 4 aromatic rings. The molecule has 4 heterocycles. The zero-order valence-corrected chi connectivity index (χ0v) is 24.8. The summed E-state index contributed by atoms with van der Waals surface area (Å²) in [6.07, 6.45) is 2.57. The van der Waals surface area contributed by atoms with Crippen molar-refractivity contribution in [1.29, 1.82) is 0 Å². The van der Waals surface area contributed by atoms with Gasteiger partial charge in [0.15, 0.2) is 0 Å². The van der Waals surface area contributed by atoms with Crippen molar-refractivity contribution in [2.24, 2.45) is 10.2 Å². The van der Waals surface area contributed by atoms with Gasteiger partial charge in [0.1, 0.15) is 5.00 Å². The Hall–Kier alpha value is -3.94. The quantitative estimate of drug-likeness (QED) is 0.115. The molecule has 214 valence electrons. The molecule has 0 amide bonds. The molecule has 4 N–H and O–H groups in total. The van der Waals surface area contributed by atoms with E-state index in [9.17, 15) is 0 Å². The molecule has 0 aliphatic carbocycles. The number of ether oxygens (including phenoxy) is 1. The van der Waals surface area contributed by atoms with E-state index in [1.54, 1.807) is 11.3 Å². The zero-order valence-electron chi connectivity index (χ0n) is 23.2. The number of anilines is 6. The number of rotatable bonds is 10. The van der Waals surface area contributed by atoms with Gasteiger partial charge in [-0.15, -0.1) is 10.2 Å². The van der Waals surface area contributed by atoms with Gasteiger partial charge in [-0.25, -0.2) is 0 Å². The SMILES string of the molecule is Cc1cc(NNc2ccc(NNc3ccc(N4CCCC4)s3)cc2C)ccc1N=Nc1nc(N2CCOCC2)ns1. The van der Waals surface area contributed by atoms with Gasteiger partial charge in [0.2, 0.25) is 5.95 Å². The maximum Gasteiger partial charge on any atom is 0.251 e. The highest BCUT2D eigenvalue weighted by Crippen LogP contribution is 2.32. The summed E-state index contributed by atoms with van der Waals surface area (Å²) in [7, 11) is 0. The number of morpholine rings is 1. The fourth-order valence-electron chi connectivity index (χ4n) is 4.74. The summed E-state index contributed by atoms with van der Waals surface area (Å²) in [5.41, 5.74) is 19.1. The molecule has 2 aliphatic heterocycles. The average molecular weight is 591 g/mol. The average Bonchev–Trinajstić information content (AvgIpc) is 3.78. The lowest BCUT2D eigenvalue weighted by molar-refractivity contribution is 0.122. The number of aryl methyl sites for hydroxylation is 2. The number of hydrogen-bond donors (Lipinski definition) is 4. The third-order valence-corrected chi connectivity index (χ3v) is 8.70. The van der Waals surface area contributed by atoms with Crippen molar-refractivity contribution in [3.8, 4) is 0 Å². The summed E-state index contributed by atoms with van der Waals surface area (Å²) in [5.74, 6) is 0.694. The molecule has 2 aromatic carbocycles. The Labute approximate surface area is 247 Å². The second kappa shape index (κ2) is 12.7. The van der Waals surface area contributed by atoms with Crippen LogP contribution in [0.1, 0.15) is 24.0 Å². The molecule has 13 heteroatoms. The maximum atomic E-state index is 5.39. The van der Waals surface area contributed by atoms with E-state index in [0.29, 0.717) is 24.3 Å². The van der Waals surface area contributed by atoms with Crippen molar-refractivity contribution >= 4 is 66.7 Å². The van der Waals surface area contributed by atoms with Crippen LogP contribution in [-0.2, 0) is 4.74 Å². The molecule has 11 nitrogen and oxygen atoms in total. The van der Waals surface area contributed by atoms with E-state index in [0.717, 1.165) is 65.1 Å². The summed E-state index contributed by atoms with van der Waals surface area (Å²) < 4.78 is 9.81. The predicted molar refractivity (Wildman–Crippen MR) is 170 cm³/mol. The molecule has 0 saturated carbocycles. The lowest BCUT2D eigenvalue weighted by Crippen LogP contribution is -2.36. The van der Waals surface area contributed by atoms with Gasteiger partial charge >= 0.3 is 0 Å². The molecule has 41 heavy (non-hydrogen) atoms. The van der Waals surface area contributed by atoms with E-state index in [4.69, 9.17) is 4.74 Å². The zero-order chi connectivity index (χ0) is 28.0. The normalized spacial score (nSPS) is 15.5. The first kappa shape index (κ1) is 27.2. The van der Waals surface area contributed by atoms with Crippen molar-refractivity contribution in [3.63, 3.8) is 0 Å². The lowest BCUT2D eigenvalue weighted by Gasteiger charge is -2.25. The van der Waals surface area contributed by atoms with Gasteiger partial charge in [0.05, 0.1) is 41.0 Å². The molecule has 2 aromatic heterocycles. The van der Waals surface area contributed by atoms with E-state index >= 15 is 0 Å². The Morgan fingerprint density at radius 1 is 0.780 bits per heavy atom. The van der Waals surface area contributed by atoms with E-state index in [1.165, 1.54) is 29.4 Å². The number of hydrazine groups is 2. The summed E-state index contributed by atoms with van der Waals surface area (Å²) in [6.45, 7) is 9.39. The third-order valence-electron chi connectivity index (χ3n) is 7.05. The van der Waals surface area contributed by atoms with Crippen LogP contribution < -0.4 is 31.5 Å². The van der Waals surface area contributed by atoms with Gasteiger partial charge in [-0.3, -0.25) is 5.43 Å². The third kappa shape index (κ3) is 6.87. The molecular formula is C28H34N10OS2. The Morgan fingerprint density at radius 3 is 2.32 bits per heavy atom. The van der Waals surface area contributed by atoms with Gasteiger partial charge in [-0.2, -0.15) is 9.36 Å². The van der Waals surface area contributed by atoms with Crippen LogP contribution in [0.15, 0.2) is 58.8 Å². The first-order valence-corrected chi connectivity index (χ1v) is 15.4. The molecule has 0 unspecified atom stereocenters. The number of thiophene rings is 1. The van der Waals surface area contributed by atoms with Crippen LogP contribution in [0, 0.1) is 13.8 Å². The lowest BCUT2D eigenvalue weighted by atomic mass is 10.2. The van der Waals surface area contributed by atoms with Gasteiger partial charge in [0.25, 0.3) is 5.13 Å². The molecule has 2 fully saturated rings. The number of azo groups is 1. The molecule has 0 atom stereocenters. The summed E-state index contributed by atoms with van der Waals surface area (Å²) in [5, 5.41) is 11.7. The van der Waals surface area contributed by atoms with Crippen LogP contribution in [-0.4, -0.2) is 48.8 Å². The van der Waals surface area contributed by atoms with Crippen molar-refractivity contribution in [2.75, 3.05) is 70.9 Å². The number of nitrogens with zero attached hydrogens (tertiary/aromatic N) is 6. The standard InChI is InChI=1S/C28H34N10OS2/c1-19-18-22(31-34-25-9-10-26(40-25)37-11-3-4-12-37)6-7-23(19)32-30-21-5-8-24(20(2)17-21)33-35-28-29-27(36-41-28)38-13-15-39-16-14-38/h5-10,17-18,30-32,34H,3-4,11-16H2,1-2H3. The Morgan fingerprint density at radius 2 is 1.54 bits per heavy atom. The van der Waals surface area contributed by atoms with E-state index < -0.39 is 0 Å². The molecule has 2 saturated heterocycles. The number of hydrogen-bond acceptors (Lipinski definition) is 13. The molecule has 6 rings (SSSR count). The molecule has 0 radical (unpaired) electrons. The molecule has 0 bridgehead atoms. The van der Waals surface area contributed by atoms with E-state index in [2.05, 4.69) is 82.3 Å². The van der Waals surface area contributed by atoms with Crippen LogP contribution in [0.3, 0.4) is 0 Å². The number of nitrogens with one attached hydrogen (secondary N) is 4. The first-order valence-electron chi connectivity index (χ1n) is 13.8. The van der Waals surface area contributed by atoms with Crippen molar-refractivity contribution in [1.82, 2.24) is 9.36 Å². The Balaban J connectivity index is 1.00.